The van der Waals surface area contributed by atoms with Crippen LogP contribution < -0.4 is 5.32 Å². The Balaban J connectivity index is 1.62. The molecular formula is C19H15ClFN3O3. The first-order chi connectivity index (χ1) is 12.9. The number of nitrogens with one attached hydrogen (secondary N) is 1. The third-order valence-electron chi connectivity index (χ3n) is 3.71. The maximum Gasteiger partial charge on any atom is 0.338 e. The van der Waals surface area contributed by atoms with E-state index in [1.807, 2.05) is 0 Å². The number of halogens is 2. The van der Waals surface area contributed by atoms with Crippen LogP contribution in [0, 0.1) is 5.82 Å². The van der Waals surface area contributed by atoms with Crippen LogP contribution in [0.25, 0.3) is 5.69 Å². The van der Waals surface area contributed by atoms with E-state index in [0.29, 0.717) is 0 Å². The zero-order chi connectivity index (χ0) is 19.4. The summed E-state index contributed by atoms with van der Waals surface area (Å²) >= 11 is 5.67. The quantitative estimate of drug-likeness (QED) is 0.675. The Morgan fingerprint density at radius 2 is 1.96 bits per heavy atom. The molecule has 138 valence electrons. The molecule has 0 unspecified atom stereocenters. The van der Waals surface area contributed by atoms with Gasteiger partial charge in [0.1, 0.15) is 5.82 Å². The van der Waals surface area contributed by atoms with E-state index in [4.69, 9.17) is 16.3 Å². The van der Waals surface area contributed by atoms with Crippen molar-refractivity contribution in [3.8, 4) is 5.69 Å². The minimum atomic E-state index is -1.11. The van der Waals surface area contributed by atoms with Crippen LogP contribution in [0.2, 0.25) is 5.02 Å². The molecule has 0 fully saturated rings. The van der Waals surface area contributed by atoms with Crippen LogP contribution >= 0.6 is 11.6 Å². The smallest absolute Gasteiger partial charge is 0.338 e. The first kappa shape index (κ1) is 18.6. The van der Waals surface area contributed by atoms with Gasteiger partial charge in [-0.15, -0.1) is 0 Å². The Morgan fingerprint density at radius 3 is 2.59 bits per heavy atom. The van der Waals surface area contributed by atoms with Gasteiger partial charge in [0.05, 0.1) is 16.9 Å². The van der Waals surface area contributed by atoms with Crippen LogP contribution in [0.15, 0.2) is 60.9 Å². The zero-order valence-electron chi connectivity index (χ0n) is 14.2. The highest BCUT2D eigenvalue weighted by atomic mass is 35.5. The van der Waals surface area contributed by atoms with Gasteiger partial charge in [-0.1, -0.05) is 11.6 Å². The lowest BCUT2D eigenvalue weighted by Crippen LogP contribution is -2.30. The number of esters is 1. The second-order valence-electron chi connectivity index (χ2n) is 5.66. The monoisotopic (exact) mass is 387 g/mol. The molecule has 1 heterocycles. The Hall–Kier alpha value is -3.19. The summed E-state index contributed by atoms with van der Waals surface area (Å²) < 4.78 is 20.5. The fourth-order valence-electron chi connectivity index (χ4n) is 2.28. The third-order valence-corrected chi connectivity index (χ3v) is 3.95. The fourth-order valence-corrected chi connectivity index (χ4v) is 2.44. The maximum atomic E-state index is 13.7. The molecule has 0 saturated carbocycles. The van der Waals surface area contributed by atoms with E-state index in [-0.39, 0.29) is 16.3 Å². The van der Waals surface area contributed by atoms with Crippen molar-refractivity contribution in [2.75, 3.05) is 5.32 Å². The average molecular weight is 388 g/mol. The summed E-state index contributed by atoms with van der Waals surface area (Å²) in [5.74, 6) is -2.00. The molecule has 0 bridgehead atoms. The van der Waals surface area contributed by atoms with Crippen LogP contribution in [-0.2, 0) is 9.53 Å². The van der Waals surface area contributed by atoms with Gasteiger partial charge in [-0.2, -0.15) is 5.10 Å². The van der Waals surface area contributed by atoms with Gasteiger partial charge >= 0.3 is 5.97 Å². The standard InChI is InChI=1S/C19H15ClFN3O3/c1-12(18(25)23-17-8-5-14(20)11-16(17)21)27-19(26)13-3-6-15(7-4-13)24-10-2-9-22-24/h2-12H,1H3,(H,23,25)/t12-/m0/s1. The summed E-state index contributed by atoms with van der Waals surface area (Å²) in [6, 6.07) is 12.2. The second-order valence-corrected chi connectivity index (χ2v) is 6.09. The third kappa shape index (κ3) is 4.51. The van der Waals surface area contributed by atoms with E-state index in [1.165, 1.54) is 19.1 Å². The molecule has 0 aliphatic rings. The van der Waals surface area contributed by atoms with Gasteiger partial charge in [0.25, 0.3) is 5.91 Å². The molecule has 1 amide bonds. The average Bonchev–Trinajstić information content (AvgIpc) is 3.18. The molecule has 1 atom stereocenters. The molecule has 0 spiro atoms. The molecule has 6 nitrogen and oxygen atoms in total. The number of aromatic nitrogens is 2. The van der Waals surface area contributed by atoms with Crippen LogP contribution in [-0.4, -0.2) is 27.8 Å². The Labute approximate surface area is 159 Å². The van der Waals surface area contributed by atoms with Gasteiger partial charge in [0, 0.05) is 17.4 Å². The Bertz CT molecular complexity index is 959. The fraction of sp³-hybridized carbons (Fsp3) is 0.105. The molecular weight excluding hydrogens is 373 g/mol. The molecule has 0 aliphatic heterocycles. The van der Waals surface area contributed by atoms with Gasteiger partial charge in [0.15, 0.2) is 6.10 Å². The van der Waals surface area contributed by atoms with Gasteiger partial charge in [-0.3, -0.25) is 4.79 Å². The van der Waals surface area contributed by atoms with Crippen molar-refractivity contribution in [2.24, 2.45) is 0 Å². The van der Waals surface area contributed by atoms with Gasteiger partial charge in [0.2, 0.25) is 0 Å². The van der Waals surface area contributed by atoms with Gasteiger partial charge in [-0.05, 0) is 55.5 Å². The molecule has 2 aromatic carbocycles. The number of amides is 1. The number of carbonyl (C=O) groups excluding carboxylic acids is 2. The largest absolute Gasteiger partial charge is 0.449 e. The molecule has 0 radical (unpaired) electrons. The van der Waals surface area contributed by atoms with E-state index in [2.05, 4.69) is 10.4 Å². The zero-order valence-corrected chi connectivity index (χ0v) is 15.0. The highest BCUT2D eigenvalue weighted by Gasteiger charge is 2.20. The van der Waals surface area contributed by atoms with Gasteiger partial charge < -0.3 is 10.1 Å². The van der Waals surface area contributed by atoms with Crippen LogP contribution in [0.3, 0.4) is 0 Å². The molecule has 3 aromatic rings. The topological polar surface area (TPSA) is 73.2 Å². The SMILES string of the molecule is C[C@H](OC(=O)c1ccc(-n2cccn2)cc1)C(=O)Nc1ccc(Cl)cc1F. The summed E-state index contributed by atoms with van der Waals surface area (Å²) in [7, 11) is 0. The number of benzene rings is 2. The first-order valence-electron chi connectivity index (χ1n) is 8.01. The summed E-state index contributed by atoms with van der Waals surface area (Å²) in [5, 5.41) is 6.67. The van der Waals surface area contributed by atoms with E-state index in [9.17, 15) is 14.0 Å². The van der Waals surface area contributed by atoms with Crippen molar-refractivity contribution < 1.29 is 18.7 Å². The number of carbonyl (C=O) groups is 2. The molecule has 0 saturated heterocycles. The van der Waals surface area contributed by atoms with E-state index < -0.39 is 23.8 Å². The predicted octanol–water partition coefficient (Wildman–Crippen LogP) is 3.85. The highest BCUT2D eigenvalue weighted by Crippen LogP contribution is 2.19. The number of ether oxygens (including phenoxy) is 1. The Kier molecular flexibility index (Phi) is 5.52. The van der Waals surface area contributed by atoms with E-state index in [1.54, 1.807) is 47.4 Å². The van der Waals surface area contributed by atoms with Crippen molar-refractivity contribution in [3.05, 3.63) is 77.3 Å². The van der Waals surface area contributed by atoms with Crippen LogP contribution in [0.1, 0.15) is 17.3 Å². The Morgan fingerprint density at radius 1 is 1.22 bits per heavy atom. The molecule has 1 aromatic heterocycles. The second kappa shape index (κ2) is 8.01. The molecule has 3 rings (SSSR count). The molecule has 0 aliphatic carbocycles. The summed E-state index contributed by atoms with van der Waals surface area (Å²) in [5.41, 5.74) is 1.01. The van der Waals surface area contributed by atoms with Crippen LogP contribution in [0.5, 0.6) is 0 Å². The summed E-state index contributed by atoms with van der Waals surface area (Å²) in [6.07, 6.45) is 2.31. The van der Waals surface area contributed by atoms with Crippen molar-refractivity contribution in [1.29, 1.82) is 0 Å². The van der Waals surface area contributed by atoms with Gasteiger partial charge in [-0.25, -0.2) is 13.9 Å². The number of rotatable bonds is 5. The molecule has 1 N–H and O–H groups in total. The molecule has 8 heteroatoms. The minimum absolute atomic E-state index is 0.0455. The van der Waals surface area contributed by atoms with Crippen molar-refractivity contribution >= 4 is 29.2 Å². The van der Waals surface area contributed by atoms with Crippen molar-refractivity contribution in [3.63, 3.8) is 0 Å². The number of hydrogen-bond acceptors (Lipinski definition) is 4. The number of nitrogens with zero attached hydrogens (tertiary/aromatic N) is 2. The predicted molar refractivity (Wildman–Crippen MR) is 98.5 cm³/mol. The number of hydrogen-bond donors (Lipinski definition) is 1. The lowest BCUT2D eigenvalue weighted by molar-refractivity contribution is -0.123. The van der Waals surface area contributed by atoms with E-state index >= 15 is 0 Å². The van der Waals surface area contributed by atoms with Crippen LogP contribution in [0.4, 0.5) is 10.1 Å². The number of anilines is 1. The summed E-state index contributed by atoms with van der Waals surface area (Å²) in [4.78, 5) is 24.3. The first-order valence-corrected chi connectivity index (χ1v) is 8.39. The van der Waals surface area contributed by atoms with E-state index in [0.717, 1.165) is 11.8 Å². The summed E-state index contributed by atoms with van der Waals surface area (Å²) in [6.45, 7) is 1.40. The maximum absolute atomic E-state index is 13.7. The highest BCUT2D eigenvalue weighted by molar-refractivity contribution is 6.30. The minimum Gasteiger partial charge on any atom is -0.449 e. The molecule has 27 heavy (non-hydrogen) atoms. The lowest BCUT2D eigenvalue weighted by Gasteiger charge is -2.14. The van der Waals surface area contributed by atoms with Crippen molar-refractivity contribution in [2.45, 2.75) is 13.0 Å². The van der Waals surface area contributed by atoms with Crippen molar-refractivity contribution in [1.82, 2.24) is 9.78 Å². The lowest BCUT2D eigenvalue weighted by atomic mass is 10.2. The normalized spacial score (nSPS) is 11.7.